The molecule has 1 aromatic carbocycles. The molecular weight excluding hydrogens is 310 g/mol. The molecule has 1 aliphatic rings. The summed E-state index contributed by atoms with van der Waals surface area (Å²) in [5.74, 6) is -1.68. The molecular formula is C14H17NO6S. The second kappa shape index (κ2) is 6.05. The predicted octanol–water partition coefficient (Wildman–Crippen LogP) is 1.29. The molecule has 1 amide bonds. The number of ether oxygens (including phenoxy) is 1. The van der Waals surface area contributed by atoms with E-state index in [0.29, 0.717) is 6.42 Å². The van der Waals surface area contributed by atoms with E-state index in [2.05, 4.69) is 5.32 Å². The molecule has 1 fully saturated rings. The number of carboxylic acids is 1. The number of rotatable bonds is 4. The Hall–Kier alpha value is -1.93. The van der Waals surface area contributed by atoms with Gasteiger partial charge in [-0.05, 0) is 38.0 Å². The Morgan fingerprint density at radius 1 is 1.27 bits per heavy atom. The van der Waals surface area contributed by atoms with Gasteiger partial charge in [0.15, 0.2) is 9.84 Å². The maximum Gasteiger partial charge on any atom is 0.335 e. The van der Waals surface area contributed by atoms with Gasteiger partial charge in [-0.2, -0.15) is 0 Å². The Morgan fingerprint density at radius 2 is 1.95 bits per heavy atom. The number of hydrogen-bond donors (Lipinski definition) is 2. The normalized spacial score (nSPS) is 21.5. The number of anilines is 1. The van der Waals surface area contributed by atoms with Crippen molar-refractivity contribution in [3.8, 4) is 0 Å². The van der Waals surface area contributed by atoms with E-state index in [1.165, 1.54) is 12.1 Å². The first kappa shape index (κ1) is 16.4. The molecule has 1 aliphatic heterocycles. The van der Waals surface area contributed by atoms with Gasteiger partial charge in [-0.3, -0.25) is 4.79 Å². The number of amides is 1. The van der Waals surface area contributed by atoms with Crippen LogP contribution in [0.25, 0.3) is 0 Å². The highest BCUT2D eigenvalue weighted by Crippen LogP contribution is 2.23. The van der Waals surface area contributed by atoms with Gasteiger partial charge in [0, 0.05) is 11.9 Å². The summed E-state index contributed by atoms with van der Waals surface area (Å²) in [5, 5.41) is 11.6. The zero-order valence-corrected chi connectivity index (χ0v) is 13.0. The molecule has 0 radical (unpaired) electrons. The molecule has 0 aliphatic carbocycles. The summed E-state index contributed by atoms with van der Waals surface area (Å²) in [6.45, 7) is 1.86. The van der Waals surface area contributed by atoms with Crippen molar-refractivity contribution in [1.82, 2.24) is 0 Å². The average Bonchev–Trinajstić information content (AvgIpc) is 2.84. The highest BCUT2D eigenvalue weighted by Gasteiger charge is 2.28. The Bertz CT molecular complexity index is 712. The number of aromatic carboxylic acids is 1. The van der Waals surface area contributed by atoms with Crippen LogP contribution in [-0.4, -0.2) is 43.9 Å². The number of carbonyl (C=O) groups excluding carboxylic acids is 1. The maximum absolute atomic E-state index is 12.1. The monoisotopic (exact) mass is 327 g/mol. The van der Waals surface area contributed by atoms with Gasteiger partial charge in [0.2, 0.25) is 0 Å². The number of carboxylic acid groups (broad SMARTS) is 1. The molecule has 1 heterocycles. The van der Waals surface area contributed by atoms with Gasteiger partial charge >= 0.3 is 5.97 Å². The predicted molar refractivity (Wildman–Crippen MR) is 78.7 cm³/mol. The minimum absolute atomic E-state index is 0.00677. The fourth-order valence-electron chi connectivity index (χ4n) is 2.23. The molecule has 2 rings (SSSR count). The van der Waals surface area contributed by atoms with Crippen LogP contribution in [0.15, 0.2) is 23.1 Å². The molecule has 120 valence electrons. The quantitative estimate of drug-likeness (QED) is 0.862. The van der Waals surface area contributed by atoms with Crippen LogP contribution in [0.3, 0.4) is 0 Å². The fourth-order valence-corrected chi connectivity index (χ4v) is 2.91. The summed E-state index contributed by atoms with van der Waals surface area (Å²) < 4.78 is 28.7. The first-order valence-electron chi connectivity index (χ1n) is 6.71. The van der Waals surface area contributed by atoms with Gasteiger partial charge < -0.3 is 15.2 Å². The van der Waals surface area contributed by atoms with E-state index >= 15 is 0 Å². The standard InChI is InChI=1S/C14H17NO6S/c1-8-3-4-12(21-8)13(16)15-10-5-9(14(17)18)6-11(7-10)22(2,19)20/h5-8,12H,3-4H2,1-2H3,(H,15,16)(H,17,18). The van der Waals surface area contributed by atoms with Crippen LogP contribution < -0.4 is 5.32 Å². The summed E-state index contributed by atoms with van der Waals surface area (Å²) in [6, 6.07) is 3.51. The highest BCUT2D eigenvalue weighted by atomic mass is 32.2. The third kappa shape index (κ3) is 3.83. The Balaban J connectivity index is 2.28. The average molecular weight is 327 g/mol. The molecule has 2 atom stereocenters. The molecule has 7 nitrogen and oxygen atoms in total. The van der Waals surface area contributed by atoms with Crippen LogP contribution in [0.5, 0.6) is 0 Å². The van der Waals surface area contributed by atoms with E-state index < -0.39 is 27.8 Å². The van der Waals surface area contributed by atoms with Gasteiger partial charge in [0.1, 0.15) is 6.10 Å². The molecule has 22 heavy (non-hydrogen) atoms. The van der Waals surface area contributed by atoms with E-state index in [9.17, 15) is 18.0 Å². The zero-order chi connectivity index (χ0) is 16.5. The molecule has 0 spiro atoms. The summed E-state index contributed by atoms with van der Waals surface area (Å²) in [7, 11) is -3.59. The first-order valence-corrected chi connectivity index (χ1v) is 8.60. The van der Waals surface area contributed by atoms with Crippen LogP contribution in [0, 0.1) is 0 Å². The molecule has 0 bridgehead atoms. The topological polar surface area (TPSA) is 110 Å². The number of nitrogens with one attached hydrogen (secondary N) is 1. The van der Waals surface area contributed by atoms with Crippen molar-refractivity contribution in [2.24, 2.45) is 0 Å². The molecule has 1 aromatic rings. The van der Waals surface area contributed by atoms with Crippen LogP contribution in [0.4, 0.5) is 5.69 Å². The summed E-state index contributed by atoms with van der Waals surface area (Å²) >= 11 is 0. The lowest BCUT2D eigenvalue weighted by molar-refractivity contribution is -0.126. The van der Waals surface area contributed by atoms with Crippen LogP contribution in [0.2, 0.25) is 0 Å². The van der Waals surface area contributed by atoms with Crippen LogP contribution >= 0.6 is 0 Å². The largest absolute Gasteiger partial charge is 0.478 e. The highest BCUT2D eigenvalue weighted by molar-refractivity contribution is 7.90. The van der Waals surface area contributed by atoms with Gasteiger partial charge in [0.05, 0.1) is 16.6 Å². The first-order chi connectivity index (χ1) is 10.2. The third-order valence-electron chi connectivity index (χ3n) is 3.37. The summed E-state index contributed by atoms with van der Waals surface area (Å²) in [5.41, 5.74) is -0.0904. The zero-order valence-electron chi connectivity index (χ0n) is 12.2. The van der Waals surface area contributed by atoms with E-state index in [-0.39, 0.29) is 22.3 Å². The SMILES string of the molecule is CC1CCC(C(=O)Nc2cc(C(=O)O)cc(S(C)(=O)=O)c2)O1. The second-order valence-electron chi connectivity index (χ2n) is 5.33. The maximum atomic E-state index is 12.1. The Morgan fingerprint density at radius 3 is 2.45 bits per heavy atom. The van der Waals surface area contributed by atoms with Crippen molar-refractivity contribution in [2.75, 3.05) is 11.6 Å². The van der Waals surface area contributed by atoms with Crippen molar-refractivity contribution in [2.45, 2.75) is 36.9 Å². The molecule has 8 heteroatoms. The van der Waals surface area contributed by atoms with Crippen LogP contribution in [0.1, 0.15) is 30.1 Å². The van der Waals surface area contributed by atoms with Crippen molar-refractivity contribution in [3.05, 3.63) is 23.8 Å². The van der Waals surface area contributed by atoms with Crippen molar-refractivity contribution in [1.29, 1.82) is 0 Å². The molecule has 2 N–H and O–H groups in total. The number of carbonyl (C=O) groups is 2. The van der Waals surface area contributed by atoms with Crippen molar-refractivity contribution >= 4 is 27.4 Å². The number of benzene rings is 1. The molecule has 0 saturated carbocycles. The molecule has 1 saturated heterocycles. The van der Waals surface area contributed by atoms with E-state index in [4.69, 9.17) is 9.84 Å². The third-order valence-corrected chi connectivity index (χ3v) is 4.47. The Labute approximate surface area is 128 Å². The van der Waals surface area contributed by atoms with Crippen molar-refractivity contribution in [3.63, 3.8) is 0 Å². The lowest BCUT2D eigenvalue weighted by Crippen LogP contribution is -2.27. The molecule has 0 aromatic heterocycles. The minimum Gasteiger partial charge on any atom is -0.478 e. The van der Waals surface area contributed by atoms with Gasteiger partial charge in [0.25, 0.3) is 5.91 Å². The van der Waals surface area contributed by atoms with Crippen LogP contribution in [-0.2, 0) is 19.4 Å². The lowest BCUT2D eigenvalue weighted by Gasteiger charge is -2.13. The van der Waals surface area contributed by atoms with Gasteiger partial charge in [-0.1, -0.05) is 0 Å². The molecule has 2 unspecified atom stereocenters. The summed E-state index contributed by atoms with van der Waals surface area (Å²) in [6.07, 6.45) is 1.70. The van der Waals surface area contributed by atoms with E-state index in [1.807, 2.05) is 6.92 Å². The minimum atomic E-state index is -3.59. The fraction of sp³-hybridized carbons (Fsp3) is 0.429. The van der Waals surface area contributed by atoms with Gasteiger partial charge in [-0.25, -0.2) is 13.2 Å². The Kier molecular flexibility index (Phi) is 4.52. The van der Waals surface area contributed by atoms with E-state index in [0.717, 1.165) is 18.7 Å². The van der Waals surface area contributed by atoms with Gasteiger partial charge in [-0.15, -0.1) is 0 Å². The second-order valence-corrected chi connectivity index (χ2v) is 7.34. The number of sulfone groups is 1. The van der Waals surface area contributed by atoms with E-state index in [1.54, 1.807) is 0 Å². The lowest BCUT2D eigenvalue weighted by atomic mass is 10.1. The smallest absolute Gasteiger partial charge is 0.335 e. The van der Waals surface area contributed by atoms with Crippen molar-refractivity contribution < 1.29 is 27.9 Å². The number of hydrogen-bond acceptors (Lipinski definition) is 5. The summed E-state index contributed by atoms with van der Waals surface area (Å²) in [4.78, 5) is 23.0.